The van der Waals surface area contributed by atoms with Crippen molar-refractivity contribution in [3.8, 4) is 10.6 Å². The molecule has 22 heavy (non-hydrogen) atoms. The molecule has 0 radical (unpaired) electrons. The molecule has 2 aromatic rings. The van der Waals surface area contributed by atoms with Crippen molar-refractivity contribution in [1.82, 2.24) is 9.29 Å². The molecule has 1 fully saturated rings. The minimum Gasteiger partial charge on any atom is -0.328 e. The van der Waals surface area contributed by atoms with Gasteiger partial charge in [0.1, 0.15) is 4.21 Å². The molecule has 0 amide bonds. The second kappa shape index (κ2) is 6.01. The number of aryl methyl sites for hydroxylation is 1. The van der Waals surface area contributed by atoms with Crippen molar-refractivity contribution < 1.29 is 8.42 Å². The van der Waals surface area contributed by atoms with Crippen molar-refractivity contribution in [1.29, 1.82) is 0 Å². The molecule has 2 atom stereocenters. The van der Waals surface area contributed by atoms with Crippen molar-refractivity contribution in [2.24, 2.45) is 5.73 Å². The SMILES string of the molecule is Cc1nc(-c2ccc(S(=O)(=O)N3CCC(N)CC3C)s2)cs1. The summed E-state index contributed by atoms with van der Waals surface area (Å²) in [4.78, 5) is 5.31. The van der Waals surface area contributed by atoms with Gasteiger partial charge in [0.15, 0.2) is 0 Å². The Morgan fingerprint density at radius 3 is 2.82 bits per heavy atom. The van der Waals surface area contributed by atoms with E-state index in [0.717, 1.165) is 15.6 Å². The van der Waals surface area contributed by atoms with Crippen LogP contribution in [0.25, 0.3) is 10.6 Å². The number of piperidine rings is 1. The number of aromatic nitrogens is 1. The number of hydrogen-bond acceptors (Lipinski definition) is 6. The summed E-state index contributed by atoms with van der Waals surface area (Å²) in [5.41, 5.74) is 6.78. The number of nitrogens with two attached hydrogens (primary N) is 1. The first-order chi connectivity index (χ1) is 10.4. The molecule has 0 aromatic carbocycles. The standard InChI is InChI=1S/C14H19N3O2S3/c1-9-7-11(15)5-6-17(9)22(18,19)14-4-3-13(21-14)12-8-20-10(2)16-12/h3-4,8-9,11H,5-7,15H2,1-2H3. The summed E-state index contributed by atoms with van der Waals surface area (Å²) >= 11 is 2.85. The third kappa shape index (κ3) is 2.98. The van der Waals surface area contributed by atoms with Crippen molar-refractivity contribution >= 4 is 32.7 Å². The van der Waals surface area contributed by atoms with Gasteiger partial charge in [0.05, 0.1) is 15.6 Å². The lowest BCUT2D eigenvalue weighted by molar-refractivity contribution is 0.247. The third-order valence-electron chi connectivity index (χ3n) is 3.87. The molecule has 3 heterocycles. The second-order valence-corrected chi connectivity index (χ2v) is 9.88. The van der Waals surface area contributed by atoms with Crippen LogP contribution < -0.4 is 5.73 Å². The van der Waals surface area contributed by atoms with Crippen LogP contribution in [0.4, 0.5) is 0 Å². The maximum absolute atomic E-state index is 12.8. The van der Waals surface area contributed by atoms with Gasteiger partial charge in [-0.3, -0.25) is 0 Å². The van der Waals surface area contributed by atoms with Gasteiger partial charge < -0.3 is 5.73 Å². The molecule has 5 nitrogen and oxygen atoms in total. The van der Waals surface area contributed by atoms with Crippen LogP contribution in [0.2, 0.25) is 0 Å². The fraction of sp³-hybridized carbons (Fsp3) is 0.500. The van der Waals surface area contributed by atoms with Gasteiger partial charge in [-0.1, -0.05) is 0 Å². The van der Waals surface area contributed by atoms with E-state index in [2.05, 4.69) is 4.98 Å². The zero-order chi connectivity index (χ0) is 15.9. The summed E-state index contributed by atoms with van der Waals surface area (Å²) in [6, 6.07) is 3.57. The molecule has 1 aliphatic heterocycles. The first-order valence-electron chi connectivity index (χ1n) is 7.17. The van der Waals surface area contributed by atoms with Crippen LogP contribution in [0.3, 0.4) is 0 Å². The average Bonchev–Trinajstić information content (AvgIpc) is 3.06. The van der Waals surface area contributed by atoms with Crippen LogP contribution in [0.15, 0.2) is 21.7 Å². The maximum Gasteiger partial charge on any atom is 0.252 e. The van der Waals surface area contributed by atoms with E-state index in [4.69, 9.17) is 5.73 Å². The first kappa shape index (κ1) is 16.1. The van der Waals surface area contributed by atoms with Crippen molar-refractivity contribution in [2.45, 2.75) is 43.0 Å². The van der Waals surface area contributed by atoms with E-state index in [0.29, 0.717) is 23.6 Å². The van der Waals surface area contributed by atoms with Gasteiger partial charge in [0.2, 0.25) is 0 Å². The molecule has 1 aliphatic rings. The zero-order valence-corrected chi connectivity index (χ0v) is 15.0. The number of thiophene rings is 1. The van der Waals surface area contributed by atoms with Crippen LogP contribution in [0.1, 0.15) is 24.8 Å². The number of thiazole rings is 1. The van der Waals surface area contributed by atoms with E-state index in [9.17, 15) is 8.42 Å². The number of hydrogen-bond donors (Lipinski definition) is 1. The molecule has 2 unspecified atom stereocenters. The summed E-state index contributed by atoms with van der Waals surface area (Å²) in [6.07, 6.45) is 1.43. The summed E-state index contributed by atoms with van der Waals surface area (Å²) in [6.45, 7) is 4.36. The molecule has 1 saturated heterocycles. The summed E-state index contributed by atoms with van der Waals surface area (Å²) in [7, 11) is -3.44. The topological polar surface area (TPSA) is 76.3 Å². The molecule has 120 valence electrons. The molecule has 0 spiro atoms. The Labute approximate surface area is 138 Å². The van der Waals surface area contributed by atoms with Gasteiger partial charge in [0.25, 0.3) is 10.0 Å². The molecule has 2 aromatic heterocycles. The molecule has 0 aliphatic carbocycles. The van der Waals surface area contributed by atoms with Crippen LogP contribution in [-0.2, 0) is 10.0 Å². The zero-order valence-electron chi connectivity index (χ0n) is 12.5. The molecule has 0 saturated carbocycles. The number of sulfonamides is 1. The monoisotopic (exact) mass is 357 g/mol. The lowest BCUT2D eigenvalue weighted by atomic mass is 10.0. The number of rotatable bonds is 3. The molecule has 0 bridgehead atoms. The Hall–Kier alpha value is -0.800. The summed E-state index contributed by atoms with van der Waals surface area (Å²) in [5, 5.41) is 2.94. The predicted molar refractivity (Wildman–Crippen MR) is 90.7 cm³/mol. The normalized spacial score (nSPS) is 23.8. The lowest BCUT2D eigenvalue weighted by Crippen LogP contribution is -2.48. The largest absolute Gasteiger partial charge is 0.328 e. The lowest BCUT2D eigenvalue weighted by Gasteiger charge is -2.34. The van der Waals surface area contributed by atoms with E-state index in [-0.39, 0.29) is 12.1 Å². The van der Waals surface area contributed by atoms with E-state index in [1.165, 1.54) is 11.3 Å². The molecule has 3 rings (SSSR count). The highest BCUT2D eigenvalue weighted by Gasteiger charge is 2.34. The van der Waals surface area contributed by atoms with Crippen LogP contribution in [-0.4, -0.2) is 36.3 Å². The van der Waals surface area contributed by atoms with E-state index in [1.54, 1.807) is 21.7 Å². The number of nitrogens with zero attached hydrogens (tertiary/aromatic N) is 2. The van der Waals surface area contributed by atoms with Gasteiger partial charge in [-0.25, -0.2) is 13.4 Å². The summed E-state index contributed by atoms with van der Waals surface area (Å²) in [5.74, 6) is 0. The van der Waals surface area contributed by atoms with E-state index in [1.807, 2.05) is 25.3 Å². The van der Waals surface area contributed by atoms with Crippen LogP contribution >= 0.6 is 22.7 Å². The second-order valence-electron chi connectivity index (χ2n) is 5.62. The van der Waals surface area contributed by atoms with Crippen molar-refractivity contribution in [3.63, 3.8) is 0 Å². The first-order valence-corrected chi connectivity index (χ1v) is 10.3. The maximum atomic E-state index is 12.8. The average molecular weight is 358 g/mol. The van der Waals surface area contributed by atoms with Gasteiger partial charge in [-0.2, -0.15) is 4.31 Å². The highest BCUT2D eigenvalue weighted by molar-refractivity contribution is 7.91. The Morgan fingerprint density at radius 1 is 1.41 bits per heavy atom. The molecular weight excluding hydrogens is 338 g/mol. The highest BCUT2D eigenvalue weighted by Crippen LogP contribution is 2.34. The van der Waals surface area contributed by atoms with Gasteiger partial charge in [-0.15, -0.1) is 22.7 Å². The fourth-order valence-corrected chi connectivity index (χ4v) is 6.47. The van der Waals surface area contributed by atoms with Gasteiger partial charge >= 0.3 is 0 Å². The Balaban J connectivity index is 1.88. The van der Waals surface area contributed by atoms with E-state index < -0.39 is 10.0 Å². The van der Waals surface area contributed by atoms with Crippen molar-refractivity contribution in [2.75, 3.05) is 6.54 Å². The molecule has 2 N–H and O–H groups in total. The van der Waals surface area contributed by atoms with Crippen LogP contribution in [0, 0.1) is 6.92 Å². The highest BCUT2D eigenvalue weighted by atomic mass is 32.2. The van der Waals surface area contributed by atoms with Crippen molar-refractivity contribution in [3.05, 3.63) is 22.5 Å². The third-order valence-corrected chi connectivity index (χ3v) is 8.23. The van der Waals surface area contributed by atoms with E-state index >= 15 is 0 Å². The molecule has 8 heteroatoms. The predicted octanol–water partition coefficient (Wildman–Crippen LogP) is 2.68. The van der Waals surface area contributed by atoms with Crippen LogP contribution in [0.5, 0.6) is 0 Å². The Kier molecular flexibility index (Phi) is 4.39. The minimum absolute atomic E-state index is 0.0548. The van der Waals surface area contributed by atoms with Gasteiger partial charge in [-0.05, 0) is 38.8 Å². The van der Waals surface area contributed by atoms with Gasteiger partial charge in [0, 0.05) is 24.0 Å². The smallest absolute Gasteiger partial charge is 0.252 e. The fourth-order valence-electron chi connectivity index (χ4n) is 2.73. The Morgan fingerprint density at radius 2 is 2.18 bits per heavy atom. The quantitative estimate of drug-likeness (QED) is 0.916. The molecular formula is C14H19N3O2S3. The summed E-state index contributed by atoms with van der Waals surface area (Å²) < 4.78 is 27.6. The Bertz CT molecular complexity index is 766. The minimum atomic E-state index is -3.44.